The average Bonchev–Trinajstić information content (AvgIpc) is 2.16. The maximum Gasteiger partial charge on any atom is 0.0244 e. The second-order valence-electron chi connectivity index (χ2n) is 5.48. The van der Waals surface area contributed by atoms with Crippen molar-refractivity contribution in [2.45, 2.75) is 59.3 Å². The molecule has 0 unspecified atom stereocenters. The summed E-state index contributed by atoms with van der Waals surface area (Å²) in [6, 6.07) is 4.70. The second-order valence-corrected chi connectivity index (χ2v) is 6.27. The normalized spacial score (nSPS) is 11.2. The van der Waals surface area contributed by atoms with E-state index in [0.29, 0.717) is 17.8 Å². The van der Waals surface area contributed by atoms with Gasteiger partial charge in [-0.05, 0) is 34.4 Å². The van der Waals surface area contributed by atoms with Gasteiger partial charge in [0.25, 0.3) is 0 Å². The molecule has 0 radical (unpaired) electrons. The van der Waals surface area contributed by atoms with Gasteiger partial charge in [-0.15, -0.1) is 0 Å². The third kappa shape index (κ3) is 4.53. The van der Waals surface area contributed by atoms with Crippen LogP contribution >= 0.6 is 15.9 Å². The second kappa shape index (κ2) is 7.53. The Bertz CT molecular complexity index is 338. The van der Waals surface area contributed by atoms with Gasteiger partial charge in [-0.3, -0.25) is 0 Å². The molecule has 1 rings (SSSR count). The quantitative estimate of drug-likeness (QED) is 0.657. The van der Waals surface area contributed by atoms with Gasteiger partial charge in [-0.25, -0.2) is 0 Å². The molecule has 0 bridgehead atoms. The molecule has 0 heterocycles. The van der Waals surface area contributed by atoms with Crippen molar-refractivity contribution in [3.05, 3.63) is 33.3 Å². The zero-order valence-electron chi connectivity index (χ0n) is 11.6. The van der Waals surface area contributed by atoms with Crippen LogP contribution in [0.2, 0.25) is 0 Å². The Morgan fingerprint density at radius 2 is 1.12 bits per heavy atom. The Morgan fingerprint density at radius 1 is 0.765 bits per heavy atom. The van der Waals surface area contributed by atoms with Crippen LogP contribution in [0.5, 0.6) is 0 Å². The molecule has 0 aliphatic carbocycles. The summed E-state index contributed by atoms with van der Waals surface area (Å²) in [5, 5.41) is 0. The van der Waals surface area contributed by atoms with Gasteiger partial charge in [-0.1, -0.05) is 69.6 Å². The molecule has 0 saturated carbocycles. The van der Waals surface area contributed by atoms with Crippen LogP contribution in [0.25, 0.3) is 0 Å². The molecule has 0 saturated heterocycles. The number of hydrogen-bond donors (Lipinski definition) is 0. The van der Waals surface area contributed by atoms with E-state index in [2.05, 4.69) is 69.6 Å². The first-order valence-electron chi connectivity index (χ1n) is 6.17. The van der Waals surface area contributed by atoms with Crippen molar-refractivity contribution in [3.63, 3.8) is 0 Å². The summed E-state index contributed by atoms with van der Waals surface area (Å²) >= 11 is 3.77. The first kappa shape index (κ1) is 18.0. The molecule has 1 aromatic carbocycles. The van der Waals surface area contributed by atoms with Crippen molar-refractivity contribution in [3.8, 4) is 0 Å². The Labute approximate surface area is 145 Å². The zero-order valence-corrected chi connectivity index (χ0v) is 13.9. The molecule has 0 spiro atoms. The van der Waals surface area contributed by atoms with Crippen molar-refractivity contribution in [1.29, 1.82) is 0 Å². The molecule has 1 aromatic rings. The van der Waals surface area contributed by atoms with E-state index in [1.165, 1.54) is 21.2 Å². The molecule has 0 aliphatic heterocycles. The molecule has 0 aliphatic rings. The third-order valence-electron chi connectivity index (χ3n) is 3.06. The number of hydrogen-bond acceptors (Lipinski definition) is 0. The van der Waals surface area contributed by atoms with E-state index in [4.69, 9.17) is 0 Å². The summed E-state index contributed by atoms with van der Waals surface area (Å²) in [5.74, 6) is 1.75. The van der Waals surface area contributed by atoms with Gasteiger partial charge in [0, 0.05) is 42.2 Å². The molecule has 0 nitrogen and oxygen atoms in total. The molecule has 0 aromatic heterocycles. The molecule has 17 heavy (non-hydrogen) atoms. The Morgan fingerprint density at radius 3 is 1.35 bits per heavy atom. The molecular weight excluding hydrogens is 300 g/mol. The predicted octanol–water partition coefficient (Wildman–Crippen LogP) is 5.82. The summed E-state index contributed by atoms with van der Waals surface area (Å²) in [6.45, 7) is 13.6. The van der Waals surface area contributed by atoms with Crippen LogP contribution in [-0.4, -0.2) is 0 Å². The molecule has 0 atom stereocenters. The smallest absolute Gasteiger partial charge is 0.0244 e. The molecule has 0 amide bonds. The van der Waals surface area contributed by atoms with Gasteiger partial charge in [0.15, 0.2) is 0 Å². The van der Waals surface area contributed by atoms with Gasteiger partial charge < -0.3 is 0 Å². The fraction of sp³-hybridized carbons (Fsp3) is 0.600. The van der Waals surface area contributed by atoms with Crippen LogP contribution in [-0.2, 0) is 0 Å². The summed E-state index contributed by atoms with van der Waals surface area (Å²) < 4.78 is 1.31. The van der Waals surface area contributed by atoms with E-state index in [0.717, 1.165) is 0 Å². The van der Waals surface area contributed by atoms with E-state index in [1.54, 1.807) is 0 Å². The minimum atomic E-state index is 0. The van der Waals surface area contributed by atoms with Crippen LogP contribution in [0, 0.1) is 37.7 Å². The van der Waals surface area contributed by atoms with Crippen LogP contribution in [0.15, 0.2) is 16.6 Å². The Hall–Kier alpha value is 0.960. The first-order chi connectivity index (χ1) is 7.34. The van der Waals surface area contributed by atoms with Crippen molar-refractivity contribution in [2.24, 2.45) is 0 Å². The van der Waals surface area contributed by atoms with Crippen LogP contribution in [0.4, 0.5) is 0 Å². The van der Waals surface area contributed by atoms with Crippen LogP contribution < -0.4 is 0 Å². The van der Waals surface area contributed by atoms with E-state index >= 15 is 0 Å². The number of rotatable bonds is 3. The predicted molar refractivity (Wildman–Crippen MR) is 76.4 cm³/mol. The van der Waals surface area contributed by atoms with Crippen LogP contribution in [0.1, 0.15) is 76.0 Å². The number of halogens is 1. The summed E-state index contributed by atoms with van der Waals surface area (Å²) in [6.07, 6.45) is 0. The maximum absolute atomic E-state index is 3.77. The van der Waals surface area contributed by atoms with Crippen molar-refractivity contribution in [2.75, 3.05) is 0 Å². The molecule has 2 heteroatoms. The summed E-state index contributed by atoms with van der Waals surface area (Å²) in [4.78, 5) is 0. The summed E-state index contributed by atoms with van der Waals surface area (Å²) in [7, 11) is 0. The van der Waals surface area contributed by atoms with Crippen molar-refractivity contribution < 1.29 is 37.7 Å². The Balaban J connectivity index is 0.00000256. The zero-order chi connectivity index (χ0) is 12.5. The van der Waals surface area contributed by atoms with Gasteiger partial charge in [0.05, 0.1) is 0 Å². The van der Waals surface area contributed by atoms with E-state index in [-0.39, 0.29) is 37.7 Å². The monoisotopic (exact) mass is 322 g/mol. The SMILES string of the molecule is CC(C)c1cc(C(C)C)c(Br)c(C(C)C)c1.[Ar]. The molecular formula is C15H23ArBr. The fourth-order valence-electron chi connectivity index (χ4n) is 1.87. The van der Waals surface area contributed by atoms with E-state index in [9.17, 15) is 0 Å². The topological polar surface area (TPSA) is 0 Å². The standard InChI is InChI=1S/C15H23Br.Ar/c1-9(2)12-7-13(10(3)4)15(16)14(8-12)11(5)6;/h7-11H,1-6H3;. The van der Waals surface area contributed by atoms with Crippen LogP contribution in [0.3, 0.4) is 0 Å². The molecule has 0 fully saturated rings. The van der Waals surface area contributed by atoms with Crippen molar-refractivity contribution in [1.82, 2.24) is 0 Å². The van der Waals surface area contributed by atoms with Crippen molar-refractivity contribution >= 4 is 15.9 Å². The van der Waals surface area contributed by atoms with E-state index in [1.807, 2.05) is 0 Å². The summed E-state index contributed by atoms with van der Waals surface area (Å²) in [5.41, 5.74) is 4.33. The minimum absolute atomic E-state index is 0. The third-order valence-corrected chi connectivity index (χ3v) is 3.98. The first-order valence-corrected chi connectivity index (χ1v) is 6.97. The average molecular weight is 323 g/mol. The van der Waals surface area contributed by atoms with E-state index < -0.39 is 0 Å². The maximum atomic E-state index is 3.77. The Kier molecular flexibility index (Phi) is 7.95. The number of benzene rings is 1. The van der Waals surface area contributed by atoms with Gasteiger partial charge in [0.1, 0.15) is 0 Å². The molecule has 98 valence electrons. The largest absolute Gasteiger partial charge is 0.0587 e. The van der Waals surface area contributed by atoms with Gasteiger partial charge in [0.2, 0.25) is 0 Å². The minimum Gasteiger partial charge on any atom is -0.0587 e. The fourth-order valence-corrected chi connectivity index (χ4v) is 3.01. The van der Waals surface area contributed by atoms with Gasteiger partial charge in [-0.2, -0.15) is 0 Å². The molecule has 0 N–H and O–H groups in total. The van der Waals surface area contributed by atoms with Gasteiger partial charge >= 0.3 is 0 Å².